The number of carbonyl (C=O) groups excluding carboxylic acids is 1. The SMILES string of the molecule is O=C(C1CCCC1)N1CCC(c2onc3c2CCC3)CC1. The minimum atomic E-state index is 0.316. The van der Waals surface area contributed by atoms with Crippen LogP contribution in [0, 0.1) is 5.92 Å². The van der Waals surface area contributed by atoms with Crippen LogP contribution in [0.3, 0.4) is 0 Å². The zero-order valence-corrected chi connectivity index (χ0v) is 12.6. The van der Waals surface area contributed by atoms with Crippen molar-refractivity contribution in [3.8, 4) is 0 Å². The van der Waals surface area contributed by atoms with Gasteiger partial charge in [-0.15, -0.1) is 0 Å². The molecule has 0 radical (unpaired) electrons. The first kappa shape index (κ1) is 13.4. The molecule has 1 aromatic rings. The van der Waals surface area contributed by atoms with Crippen LogP contribution in [-0.2, 0) is 17.6 Å². The maximum Gasteiger partial charge on any atom is 0.225 e. The number of nitrogens with zero attached hydrogens (tertiary/aromatic N) is 2. The van der Waals surface area contributed by atoms with Gasteiger partial charge in [-0.05, 0) is 44.9 Å². The van der Waals surface area contributed by atoms with Gasteiger partial charge in [0.25, 0.3) is 0 Å². The molecule has 114 valence electrons. The third-order valence-corrected chi connectivity index (χ3v) is 5.62. The second-order valence-electron chi connectivity index (χ2n) is 6.91. The number of fused-ring (bicyclic) bond motifs is 1. The first-order valence-corrected chi connectivity index (χ1v) is 8.59. The number of hydrogen-bond acceptors (Lipinski definition) is 3. The Labute approximate surface area is 125 Å². The first-order valence-electron chi connectivity index (χ1n) is 8.59. The molecule has 21 heavy (non-hydrogen) atoms. The molecule has 2 heterocycles. The van der Waals surface area contributed by atoms with Crippen LogP contribution < -0.4 is 0 Å². The number of piperidine rings is 1. The maximum atomic E-state index is 12.5. The van der Waals surface area contributed by atoms with Gasteiger partial charge in [-0.3, -0.25) is 4.79 Å². The normalized spacial score (nSPS) is 23.7. The van der Waals surface area contributed by atoms with Gasteiger partial charge < -0.3 is 9.42 Å². The smallest absolute Gasteiger partial charge is 0.225 e. The molecule has 2 aliphatic carbocycles. The van der Waals surface area contributed by atoms with Crippen LogP contribution in [0.15, 0.2) is 4.52 Å². The van der Waals surface area contributed by atoms with Gasteiger partial charge in [-0.25, -0.2) is 0 Å². The average Bonchev–Trinajstić information content (AvgIpc) is 3.24. The van der Waals surface area contributed by atoms with Crippen LogP contribution in [0.2, 0.25) is 0 Å². The zero-order chi connectivity index (χ0) is 14.2. The number of amides is 1. The van der Waals surface area contributed by atoms with Gasteiger partial charge in [0.2, 0.25) is 5.91 Å². The van der Waals surface area contributed by atoms with Crippen molar-refractivity contribution in [2.75, 3.05) is 13.1 Å². The Bertz CT molecular complexity index is 523. The highest BCUT2D eigenvalue weighted by atomic mass is 16.5. The summed E-state index contributed by atoms with van der Waals surface area (Å²) in [7, 11) is 0. The Hall–Kier alpha value is -1.32. The summed E-state index contributed by atoms with van der Waals surface area (Å²) >= 11 is 0. The quantitative estimate of drug-likeness (QED) is 0.840. The molecule has 0 bridgehead atoms. The van der Waals surface area contributed by atoms with E-state index < -0.39 is 0 Å². The third-order valence-electron chi connectivity index (χ3n) is 5.62. The minimum Gasteiger partial charge on any atom is -0.361 e. The summed E-state index contributed by atoms with van der Waals surface area (Å²) in [6, 6.07) is 0. The molecule has 1 saturated carbocycles. The Morgan fingerprint density at radius 3 is 2.57 bits per heavy atom. The molecule has 1 aliphatic heterocycles. The summed E-state index contributed by atoms with van der Waals surface area (Å²) in [4.78, 5) is 14.6. The molecule has 1 saturated heterocycles. The molecular weight excluding hydrogens is 264 g/mol. The summed E-state index contributed by atoms with van der Waals surface area (Å²) < 4.78 is 5.62. The lowest BCUT2D eigenvalue weighted by molar-refractivity contribution is -0.136. The molecule has 1 aromatic heterocycles. The van der Waals surface area contributed by atoms with E-state index >= 15 is 0 Å². The standard InChI is InChI=1S/C17H24N2O2/c20-17(13-4-1-2-5-13)19-10-8-12(9-11-19)16-14-6-3-7-15(14)18-21-16/h12-13H,1-11H2. The molecular formula is C17H24N2O2. The van der Waals surface area contributed by atoms with Gasteiger partial charge in [0, 0.05) is 30.5 Å². The molecule has 0 spiro atoms. The lowest BCUT2D eigenvalue weighted by Gasteiger charge is -2.33. The van der Waals surface area contributed by atoms with E-state index in [0.29, 0.717) is 17.7 Å². The van der Waals surface area contributed by atoms with E-state index in [2.05, 4.69) is 10.1 Å². The first-order chi connectivity index (χ1) is 10.3. The van der Waals surface area contributed by atoms with Crippen molar-refractivity contribution in [2.45, 2.75) is 63.7 Å². The van der Waals surface area contributed by atoms with Gasteiger partial charge in [0.15, 0.2) is 0 Å². The van der Waals surface area contributed by atoms with Crippen LogP contribution in [0.4, 0.5) is 0 Å². The van der Waals surface area contributed by atoms with Gasteiger partial charge in [0.05, 0.1) is 5.69 Å². The van der Waals surface area contributed by atoms with Crippen molar-refractivity contribution >= 4 is 5.91 Å². The predicted octanol–water partition coefficient (Wildman–Crippen LogP) is 3.06. The van der Waals surface area contributed by atoms with Crippen LogP contribution in [0.1, 0.15) is 67.9 Å². The summed E-state index contributed by atoms with van der Waals surface area (Å²) in [5, 5.41) is 4.23. The summed E-state index contributed by atoms with van der Waals surface area (Å²) in [6.45, 7) is 1.80. The highest BCUT2D eigenvalue weighted by Crippen LogP contribution is 2.36. The molecule has 0 atom stereocenters. The molecule has 3 aliphatic rings. The Morgan fingerprint density at radius 1 is 1.05 bits per heavy atom. The fourth-order valence-electron chi connectivity index (χ4n) is 4.37. The number of rotatable bonds is 2. The molecule has 0 unspecified atom stereocenters. The van der Waals surface area contributed by atoms with Crippen LogP contribution in [0.5, 0.6) is 0 Å². The summed E-state index contributed by atoms with van der Waals surface area (Å²) in [5.74, 6) is 2.34. The van der Waals surface area contributed by atoms with Crippen LogP contribution in [-0.4, -0.2) is 29.1 Å². The summed E-state index contributed by atoms with van der Waals surface area (Å²) in [5.41, 5.74) is 2.57. The fourth-order valence-corrected chi connectivity index (χ4v) is 4.37. The number of aromatic nitrogens is 1. The average molecular weight is 288 g/mol. The highest BCUT2D eigenvalue weighted by Gasteiger charge is 2.33. The van der Waals surface area contributed by atoms with Crippen molar-refractivity contribution in [3.05, 3.63) is 17.0 Å². The van der Waals surface area contributed by atoms with Gasteiger partial charge >= 0.3 is 0 Å². The van der Waals surface area contributed by atoms with E-state index in [-0.39, 0.29) is 0 Å². The number of hydrogen-bond donors (Lipinski definition) is 0. The van der Waals surface area contributed by atoms with Crippen molar-refractivity contribution in [1.29, 1.82) is 0 Å². The van der Waals surface area contributed by atoms with Crippen molar-refractivity contribution in [1.82, 2.24) is 10.1 Å². The molecule has 1 amide bonds. The Balaban J connectivity index is 1.39. The second-order valence-corrected chi connectivity index (χ2v) is 6.91. The fraction of sp³-hybridized carbons (Fsp3) is 0.765. The number of carbonyl (C=O) groups is 1. The maximum absolute atomic E-state index is 12.5. The van der Waals surface area contributed by atoms with Crippen molar-refractivity contribution in [3.63, 3.8) is 0 Å². The predicted molar refractivity (Wildman–Crippen MR) is 79.0 cm³/mol. The van der Waals surface area contributed by atoms with Crippen molar-refractivity contribution < 1.29 is 9.32 Å². The van der Waals surface area contributed by atoms with Gasteiger partial charge in [0.1, 0.15) is 5.76 Å². The van der Waals surface area contributed by atoms with E-state index in [1.54, 1.807) is 0 Å². The number of likely N-dealkylation sites (tertiary alicyclic amines) is 1. The van der Waals surface area contributed by atoms with Crippen LogP contribution in [0.25, 0.3) is 0 Å². The zero-order valence-electron chi connectivity index (χ0n) is 12.6. The second kappa shape index (κ2) is 5.47. The molecule has 0 aromatic carbocycles. The molecule has 2 fully saturated rings. The van der Waals surface area contributed by atoms with E-state index in [9.17, 15) is 4.79 Å². The van der Waals surface area contributed by atoms with Gasteiger partial charge in [-0.1, -0.05) is 18.0 Å². The third kappa shape index (κ3) is 2.39. The number of aryl methyl sites for hydroxylation is 1. The highest BCUT2D eigenvalue weighted by molar-refractivity contribution is 5.79. The van der Waals surface area contributed by atoms with E-state index in [4.69, 9.17) is 4.52 Å². The Morgan fingerprint density at radius 2 is 1.81 bits per heavy atom. The van der Waals surface area contributed by atoms with E-state index in [1.165, 1.54) is 30.5 Å². The van der Waals surface area contributed by atoms with E-state index in [1.807, 2.05) is 0 Å². The molecule has 4 nitrogen and oxygen atoms in total. The summed E-state index contributed by atoms with van der Waals surface area (Å²) in [6.07, 6.45) is 10.2. The largest absolute Gasteiger partial charge is 0.361 e. The van der Waals surface area contributed by atoms with Gasteiger partial charge in [-0.2, -0.15) is 0 Å². The van der Waals surface area contributed by atoms with E-state index in [0.717, 1.165) is 57.4 Å². The minimum absolute atomic E-state index is 0.316. The Kier molecular flexibility index (Phi) is 3.48. The molecule has 0 N–H and O–H groups in total. The topological polar surface area (TPSA) is 46.3 Å². The van der Waals surface area contributed by atoms with Crippen molar-refractivity contribution in [2.24, 2.45) is 5.92 Å². The lowest BCUT2D eigenvalue weighted by atomic mass is 9.91. The molecule has 4 heteroatoms. The monoisotopic (exact) mass is 288 g/mol. The lowest BCUT2D eigenvalue weighted by Crippen LogP contribution is -2.40. The van der Waals surface area contributed by atoms with Crippen LogP contribution >= 0.6 is 0 Å². The molecule has 4 rings (SSSR count).